The summed E-state index contributed by atoms with van der Waals surface area (Å²) in [5.41, 5.74) is 1.53. The topological polar surface area (TPSA) is 81.5 Å². The van der Waals surface area contributed by atoms with Crippen LogP contribution in [-0.4, -0.2) is 11.0 Å². The monoisotopic (exact) mass is 286 g/mol. The van der Waals surface area contributed by atoms with E-state index in [9.17, 15) is 14.9 Å². The molecule has 0 atom stereocenters. The van der Waals surface area contributed by atoms with Crippen LogP contribution in [0.15, 0.2) is 48.5 Å². The number of nitro benzene ring substituents is 1. The number of carbonyl (C=O) groups excluding carboxylic acids is 1. The van der Waals surface area contributed by atoms with Gasteiger partial charge in [0.1, 0.15) is 12.3 Å². The van der Waals surface area contributed by atoms with Crippen LogP contribution in [0, 0.1) is 17.0 Å². The van der Waals surface area contributed by atoms with E-state index in [2.05, 4.69) is 5.32 Å². The van der Waals surface area contributed by atoms with Gasteiger partial charge in [0.2, 0.25) is 0 Å². The third-order valence-electron chi connectivity index (χ3n) is 2.80. The van der Waals surface area contributed by atoms with Crippen LogP contribution in [0.1, 0.15) is 11.1 Å². The van der Waals surface area contributed by atoms with E-state index in [-0.39, 0.29) is 18.0 Å². The molecule has 0 saturated carbocycles. The van der Waals surface area contributed by atoms with Gasteiger partial charge >= 0.3 is 6.09 Å². The highest BCUT2D eigenvalue weighted by Gasteiger charge is 2.16. The maximum atomic E-state index is 11.7. The molecule has 0 fully saturated rings. The summed E-state index contributed by atoms with van der Waals surface area (Å²) in [4.78, 5) is 22.1. The van der Waals surface area contributed by atoms with E-state index in [1.165, 1.54) is 12.1 Å². The lowest BCUT2D eigenvalue weighted by molar-refractivity contribution is -0.384. The van der Waals surface area contributed by atoms with E-state index >= 15 is 0 Å². The van der Waals surface area contributed by atoms with Gasteiger partial charge in [0.25, 0.3) is 5.69 Å². The number of ether oxygens (including phenoxy) is 1. The van der Waals surface area contributed by atoms with Gasteiger partial charge in [-0.15, -0.1) is 0 Å². The number of amides is 1. The first-order valence-corrected chi connectivity index (χ1v) is 6.29. The van der Waals surface area contributed by atoms with E-state index in [1.807, 2.05) is 30.3 Å². The van der Waals surface area contributed by atoms with Crippen LogP contribution in [0.2, 0.25) is 0 Å². The van der Waals surface area contributed by atoms with Crippen molar-refractivity contribution < 1.29 is 14.5 Å². The van der Waals surface area contributed by atoms with Crippen LogP contribution in [0.3, 0.4) is 0 Å². The van der Waals surface area contributed by atoms with E-state index in [0.717, 1.165) is 11.1 Å². The molecule has 0 saturated heterocycles. The van der Waals surface area contributed by atoms with Gasteiger partial charge in [-0.05, 0) is 24.1 Å². The molecule has 0 unspecified atom stereocenters. The summed E-state index contributed by atoms with van der Waals surface area (Å²) in [5, 5.41) is 13.3. The number of nitro groups is 1. The van der Waals surface area contributed by atoms with Crippen molar-refractivity contribution >= 4 is 17.5 Å². The summed E-state index contributed by atoms with van der Waals surface area (Å²) >= 11 is 0. The Kier molecular flexibility index (Phi) is 4.50. The smallest absolute Gasteiger partial charge is 0.412 e. The van der Waals surface area contributed by atoms with Crippen LogP contribution in [0.4, 0.5) is 16.2 Å². The maximum absolute atomic E-state index is 11.7. The zero-order valence-corrected chi connectivity index (χ0v) is 11.4. The Morgan fingerprint density at radius 2 is 1.95 bits per heavy atom. The van der Waals surface area contributed by atoms with Crippen molar-refractivity contribution in [2.24, 2.45) is 0 Å². The Morgan fingerprint density at radius 1 is 1.24 bits per heavy atom. The molecule has 0 aliphatic carbocycles. The van der Waals surface area contributed by atoms with Gasteiger partial charge in [0.15, 0.2) is 0 Å². The number of anilines is 1. The predicted molar refractivity (Wildman–Crippen MR) is 78.1 cm³/mol. The number of benzene rings is 2. The molecule has 21 heavy (non-hydrogen) atoms. The fourth-order valence-corrected chi connectivity index (χ4v) is 1.77. The summed E-state index contributed by atoms with van der Waals surface area (Å²) in [5.74, 6) is 0. The zero-order valence-electron chi connectivity index (χ0n) is 11.4. The third-order valence-corrected chi connectivity index (χ3v) is 2.80. The van der Waals surface area contributed by atoms with Crippen molar-refractivity contribution in [1.82, 2.24) is 0 Å². The molecular formula is C15H14N2O4. The minimum atomic E-state index is -0.731. The fourth-order valence-electron chi connectivity index (χ4n) is 1.77. The second-order valence-corrected chi connectivity index (χ2v) is 4.46. The van der Waals surface area contributed by atoms with Gasteiger partial charge in [-0.3, -0.25) is 15.4 Å². The Morgan fingerprint density at radius 3 is 2.62 bits per heavy atom. The van der Waals surface area contributed by atoms with E-state index in [1.54, 1.807) is 13.0 Å². The lowest BCUT2D eigenvalue weighted by Crippen LogP contribution is -2.14. The van der Waals surface area contributed by atoms with Crippen LogP contribution >= 0.6 is 0 Å². The van der Waals surface area contributed by atoms with Crippen LogP contribution in [0.25, 0.3) is 0 Å². The molecular weight excluding hydrogens is 272 g/mol. The van der Waals surface area contributed by atoms with E-state index < -0.39 is 11.0 Å². The van der Waals surface area contributed by atoms with Crippen LogP contribution in [0.5, 0.6) is 0 Å². The number of aryl methyl sites for hydroxylation is 1. The Bertz CT molecular complexity index is 656. The lowest BCUT2D eigenvalue weighted by Gasteiger charge is -2.08. The molecule has 2 aromatic rings. The summed E-state index contributed by atoms with van der Waals surface area (Å²) in [7, 11) is 0. The van der Waals surface area contributed by atoms with Crippen molar-refractivity contribution in [3.8, 4) is 0 Å². The van der Waals surface area contributed by atoms with Crippen molar-refractivity contribution in [3.05, 3.63) is 69.8 Å². The molecule has 0 aromatic heterocycles. The zero-order chi connectivity index (χ0) is 15.2. The van der Waals surface area contributed by atoms with Gasteiger partial charge in [-0.25, -0.2) is 4.79 Å². The summed E-state index contributed by atoms with van der Waals surface area (Å²) in [6, 6.07) is 13.7. The normalized spacial score (nSPS) is 9.95. The fraction of sp³-hybridized carbons (Fsp3) is 0.133. The molecule has 1 N–H and O–H groups in total. The predicted octanol–water partition coefficient (Wildman–Crippen LogP) is 3.65. The molecule has 0 bridgehead atoms. The van der Waals surface area contributed by atoms with Gasteiger partial charge < -0.3 is 4.74 Å². The standard InChI is InChI=1S/C15H14N2O4/c1-11-7-8-13(14(9-11)17(19)20)16-15(18)21-10-12-5-3-2-4-6-12/h2-9H,10H2,1H3,(H,16,18). The summed E-state index contributed by atoms with van der Waals surface area (Å²) < 4.78 is 5.02. The second-order valence-electron chi connectivity index (χ2n) is 4.46. The Hall–Kier alpha value is -2.89. The van der Waals surface area contributed by atoms with Crippen molar-refractivity contribution in [3.63, 3.8) is 0 Å². The van der Waals surface area contributed by atoms with Gasteiger partial charge in [-0.1, -0.05) is 36.4 Å². The number of carbonyl (C=O) groups is 1. The molecule has 108 valence electrons. The molecule has 2 rings (SSSR count). The minimum absolute atomic E-state index is 0.104. The highest BCUT2D eigenvalue weighted by molar-refractivity contribution is 5.87. The molecule has 1 amide bonds. The van der Waals surface area contributed by atoms with Crippen molar-refractivity contribution in [2.75, 3.05) is 5.32 Å². The van der Waals surface area contributed by atoms with E-state index in [4.69, 9.17) is 4.74 Å². The van der Waals surface area contributed by atoms with Crippen molar-refractivity contribution in [1.29, 1.82) is 0 Å². The molecule has 0 radical (unpaired) electrons. The highest BCUT2D eigenvalue weighted by Crippen LogP contribution is 2.25. The molecule has 6 nitrogen and oxygen atoms in total. The quantitative estimate of drug-likeness (QED) is 0.687. The first kappa shape index (κ1) is 14.5. The van der Waals surface area contributed by atoms with E-state index in [0.29, 0.717) is 0 Å². The second kappa shape index (κ2) is 6.51. The Labute approximate surface area is 121 Å². The average molecular weight is 286 g/mol. The molecule has 6 heteroatoms. The third kappa shape index (κ3) is 4.04. The van der Waals surface area contributed by atoms with Gasteiger partial charge in [0.05, 0.1) is 4.92 Å². The number of rotatable bonds is 4. The Balaban J connectivity index is 2.01. The molecule has 0 aliphatic rings. The number of hydrogen-bond donors (Lipinski definition) is 1. The first-order valence-electron chi connectivity index (χ1n) is 6.29. The van der Waals surface area contributed by atoms with Gasteiger partial charge in [0, 0.05) is 6.07 Å². The van der Waals surface area contributed by atoms with Crippen molar-refractivity contribution in [2.45, 2.75) is 13.5 Å². The van der Waals surface area contributed by atoms with Crippen LogP contribution < -0.4 is 5.32 Å². The molecule has 0 heterocycles. The molecule has 0 aliphatic heterocycles. The number of nitrogens with zero attached hydrogens (tertiary/aromatic N) is 1. The number of nitrogens with one attached hydrogen (secondary N) is 1. The van der Waals surface area contributed by atoms with Crippen LogP contribution in [-0.2, 0) is 11.3 Å². The van der Waals surface area contributed by atoms with Gasteiger partial charge in [-0.2, -0.15) is 0 Å². The molecule has 0 spiro atoms. The average Bonchev–Trinajstić information content (AvgIpc) is 2.48. The highest BCUT2D eigenvalue weighted by atomic mass is 16.6. The number of hydrogen-bond acceptors (Lipinski definition) is 4. The summed E-state index contributed by atoms with van der Waals surface area (Å²) in [6.07, 6.45) is -0.731. The minimum Gasteiger partial charge on any atom is -0.444 e. The summed E-state index contributed by atoms with van der Waals surface area (Å²) in [6.45, 7) is 1.84. The largest absolute Gasteiger partial charge is 0.444 e. The first-order chi connectivity index (χ1) is 10.1. The lowest BCUT2D eigenvalue weighted by atomic mass is 10.2. The SMILES string of the molecule is Cc1ccc(NC(=O)OCc2ccccc2)c([N+](=O)[O-])c1. The molecule has 2 aromatic carbocycles. The maximum Gasteiger partial charge on any atom is 0.412 e.